The molecular formula is C16H20N4O3S2. The van der Waals surface area contributed by atoms with Crippen LogP contribution in [0.2, 0.25) is 0 Å². The van der Waals surface area contributed by atoms with E-state index >= 15 is 0 Å². The molecule has 1 aromatic heterocycles. The van der Waals surface area contributed by atoms with E-state index in [2.05, 4.69) is 15.2 Å². The van der Waals surface area contributed by atoms with Crippen molar-refractivity contribution in [2.45, 2.75) is 29.8 Å². The van der Waals surface area contributed by atoms with Gasteiger partial charge in [-0.1, -0.05) is 42.1 Å². The van der Waals surface area contributed by atoms with Crippen LogP contribution in [0.4, 0.5) is 0 Å². The van der Waals surface area contributed by atoms with E-state index in [4.69, 9.17) is 0 Å². The summed E-state index contributed by atoms with van der Waals surface area (Å²) in [6.07, 6.45) is 0.501. The summed E-state index contributed by atoms with van der Waals surface area (Å²) in [7, 11) is -1.35. The Morgan fingerprint density at radius 1 is 1.36 bits per heavy atom. The molecule has 0 saturated carbocycles. The van der Waals surface area contributed by atoms with E-state index in [1.807, 2.05) is 30.3 Å². The SMILES string of the molecule is C[C@H](Sc1n[nH]c(-c2ccccc2)n1)C(=O)N(C)[C@@H]1CCS(=O)(=O)C1. The number of hydrogen-bond acceptors (Lipinski definition) is 6. The van der Waals surface area contributed by atoms with Crippen molar-refractivity contribution >= 4 is 27.5 Å². The quantitative estimate of drug-likeness (QED) is 0.792. The highest BCUT2D eigenvalue weighted by Gasteiger charge is 2.34. The average Bonchev–Trinajstić information content (AvgIpc) is 3.20. The Labute approximate surface area is 151 Å². The second kappa shape index (κ2) is 7.17. The number of nitrogens with one attached hydrogen (secondary N) is 1. The van der Waals surface area contributed by atoms with Gasteiger partial charge < -0.3 is 4.90 Å². The molecule has 2 heterocycles. The lowest BCUT2D eigenvalue weighted by molar-refractivity contribution is -0.130. The number of aromatic amines is 1. The third kappa shape index (κ3) is 4.21. The third-order valence-corrected chi connectivity index (χ3v) is 6.94. The smallest absolute Gasteiger partial charge is 0.235 e. The molecular weight excluding hydrogens is 360 g/mol. The van der Waals surface area contributed by atoms with E-state index in [0.29, 0.717) is 17.4 Å². The molecule has 0 spiro atoms. The maximum atomic E-state index is 12.6. The van der Waals surface area contributed by atoms with Crippen molar-refractivity contribution in [1.29, 1.82) is 0 Å². The Hall–Kier alpha value is -1.87. The molecule has 0 unspecified atom stereocenters. The minimum absolute atomic E-state index is 0.0471. The van der Waals surface area contributed by atoms with Crippen LogP contribution in [0.1, 0.15) is 13.3 Å². The maximum Gasteiger partial charge on any atom is 0.235 e. The second-order valence-corrected chi connectivity index (χ2v) is 9.64. The van der Waals surface area contributed by atoms with Crippen molar-refractivity contribution in [3.63, 3.8) is 0 Å². The van der Waals surface area contributed by atoms with Crippen LogP contribution < -0.4 is 0 Å². The number of carbonyl (C=O) groups excluding carboxylic acids is 1. The molecule has 3 rings (SSSR count). The number of rotatable bonds is 5. The number of nitrogens with zero attached hydrogens (tertiary/aromatic N) is 3. The lowest BCUT2D eigenvalue weighted by Crippen LogP contribution is -2.41. The van der Waals surface area contributed by atoms with Crippen molar-refractivity contribution in [3.8, 4) is 11.4 Å². The lowest BCUT2D eigenvalue weighted by Gasteiger charge is -2.25. The minimum Gasteiger partial charge on any atom is -0.341 e. The molecule has 9 heteroatoms. The highest BCUT2D eigenvalue weighted by molar-refractivity contribution is 8.00. The summed E-state index contributed by atoms with van der Waals surface area (Å²) < 4.78 is 23.2. The zero-order valence-corrected chi connectivity index (χ0v) is 15.7. The van der Waals surface area contributed by atoms with Crippen LogP contribution in [-0.2, 0) is 14.6 Å². The number of thioether (sulfide) groups is 1. The first-order chi connectivity index (χ1) is 11.9. The van der Waals surface area contributed by atoms with E-state index in [0.717, 1.165) is 5.56 Å². The topological polar surface area (TPSA) is 96.0 Å². The second-order valence-electron chi connectivity index (χ2n) is 6.10. The molecule has 134 valence electrons. The van der Waals surface area contributed by atoms with Gasteiger partial charge in [-0.15, -0.1) is 5.10 Å². The van der Waals surface area contributed by atoms with Crippen LogP contribution in [0.3, 0.4) is 0 Å². The van der Waals surface area contributed by atoms with Gasteiger partial charge in [-0.3, -0.25) is 9.89 Å². The fourth-order valence-electron chi connectivity index (χ4n) is 2.78. The van der Waals surface area contributed by atoms with Crippen molar-refractivity contribution in [3.05, 3.63) is 30.3 Å². The van der Waals surface area contributed by atoms with Crippen LogP contribution in [0, 0.1) is 0 Å². The summed E-state index contributed by atoms with van der Waals surface area (Å²) in [6.45, 7) is 1.78. The molecule has 1 amide bonds. The first-order valence-electron chi connectivity index (χ1n) is 7.97. The molecule has 2 atom stereocenters. The molecule has 1 aliphatic rings. The monoisotopic (exact) mass is 380 g/mol. The zero-order valence-electron chi connectivity index (χ0n) is 14.0. The third-order valence-electron chi connectivity index (χ3n) is 4.25. The summed E-state index contributed by atoms with van der Waals surface area (Å²) in [5.74, 6) is 0.736. The number of hydrogen-bond donors (Lipinski definition) is 1. The number of benzene rings is 1. The highest BCUT2D eigenvalue weighted by atomic mass is 32.2. The Bertz CT molecular complexity index is 851. The summed E-state index contributed by atoms with van der Waals surface area (Å²) in [5, 5.41) is 7.13. The molecule has 7 nitrogen and oxygen atoms in total. The number of H-pyrrole nitrogens is 1. The fraction of sp³-hybridized carbons (Fsp3) is 0.438. The van der Waals surface area contributed by atoms with Crippen LogP contribution in [0.15, 0.2) is 35.5 Å². The van der Waals surface area contributed by atoms with Gasteiger partial charge in [0.05, 0.1) is 16.8 Å². The van der Waals surface area contributed by atoms with Gasteiger partial charge in [-0.2, -0.15) is 0 Å². The molecule has 1 fully saturated rings. The van der Waals surface area contributed by atoms with E-state index < -0.39 is 15.1 Å². The van der Waals surface area contributed by atoms with Crippen LogP contribution in [-0.4, -0.2) is 64.3 Å². The first-order valence-corrected chi connectivity index (χ1v) is 10.7. The van der Waals surface area contributed by atoms with E-state index in [1.165, 1.54) is 11.8 Å². The largest absolute Gasteiger partial charge is 0.341 e. The van der Waals surface area contributed by atoms with Crippen molar-refractivity contribution in [1.82, 2.24) is 20.1 Å². The summed E-state index contributed by atoms with van der Waals surface area (Å²) >= 11 is 1.26. The van der Waals surface area contributed by atoms with Crippen LogP contribution in [0.25, 0.3) is 11.4 Å². The summed E-state index contributed by atoms with van der Waals surface area (Å²) in [4.78, 5) is 18.5. The molecule has 1 N–H and O–H groups in total. The van der Waals surface area contributed by atoms with E-state index in [1.54, 1.807) is 18.9 Å². The predicted molar refractivity (Wildman–Crippen MR) is 97.0 cm³/mol. The summed E-state index contributed by atoms with van der Waals surface area (Å²) in [6, 6.07) is 9.38. The zero-order chi connectivity index (χ0) is 18.0. The molecule has 25 heavy (non-hydrogen) atoms. The van der Waals surface area contributed by atoms with Gasteiger partial charge in [0, 0.05) is 18.7 Å². The Morgan fingerprint density at radius 3 is 2.72 bits per heavy atom. The molecule has 1 aromatic carbocycles. The maximum absolute atomic E-state index is 12.6. The van der Waals surface area contributed by atoms with Gasteiger partial charge >= 0.3 is 0 Å². The molecule has 1 saturated heterocycles. The number of carbonyl (C=O) groups is 1. The number of amides is 1. The van der Waals surface area contributed by atoms with Crippen LogP contribution in [0.5, 0.6) is 0 Å². The normalized spacial score (nSPS) is 20.3. The van der Waals surface area contributed by atoms with Gasteiger partial charge in [-0.25, -0.2) is 13.4 Å². The Morgan fingerprint density at radius 2 is 2.08 bits per heavy atom. The molecule has 0 radical (unpaired) electrons. The Kier molecular flexibility index (Phi) is 5.14. The van der Waals surface area contributed by atoms with E-state index in [9.17, 15) is 13.2 Å². The predicted octanol–water partition coefficient (Wildman–Crippen LogP) is 1.60. The highest BCUT2D eigenvalue weighted by Crippen LogP contribution is 2.25. The van der Waals surface area contributed by atoms with Crippen molar-refractivity contribution < 1.29 is 13.2 Å². The van der Waals surface area contributed by atoms with Gasteiger partial charge in [0.25, 0.3) is 0 Å². The fourth-order valence-corrected chi connectivity index (χ4v) is 5.38. The first kappa shape index (κ1) is 17.9. The summed E-state index contributed by atoms with van der Waals surface area (Å²) in [5.41, 5.74) is 0.925. The minimum atomic E-state index is -3.02. The molecule has 1 aliphatic heterocycles. The number of aromatic nitrogens is 3. The molecule has 0 bridgehead atoms. The van der Waals surface area contributed by atoms with E-state index in [-0.39, 0.29) is 23.5 Å². The number of sulfone groups is 1. The van der Waals surface area contributed by atoms with Gasteiger partial charge in [0.15, 0.2) is 15.7 Å². The van der Waals surface area contributed by atoms with Crippen LogP contribution >= 0.6 is 11.8 Å². The van der Waals surface area contributed by atoms with Crippen molar-refractivity contribution in [2.24, 2.45) is 0 Å². The van der Waals surface area contributed by atoms with Gasteiger partial charge in [-0.05, 0) is 13.3 Å². The van der Waals surface area contributed by atoms with Crippen molar-refractivity contribution in [2.75, 3.05) is 18.6 Å². The lowest BCUT2D eigenvalue weighted by atomic mass is 10.2. The molecule has 2 aromatic rings. The van der Waals surface area contributed by atoms with Gasteiger partial charge in [0.2, 0.25) is 11.1 Å². The average molecular weight is 380 g/mol. The standard InChI is InChI=1S/C16H20N4O3S2/c1-11(15(21)20(2)13-8-9-25(22,23)10-13)24-16-17-14(18-19-16)12-6-4-3-5-7-12/h3-7,11,13H,8-10H2,1-2H3,(H,17,18,19)/t11-,13+/m0/s1. The molecule has 0 aliphatic carbocycles. The Balaban J connectivity index is 1.63. The van der Waals surface area contributed by atoms with Gasteiger partial charge in [0.1, 0.15) is 0 Å².